The number of aliphatic imine (C=N–C) groups is 1. The van der Waals surface area contributed by atoms with Gasteiger partial charge in [-0.3, -0.25) is 0 Å². The average Bonchev–Trinajstić information content (AvgIpc) is 3.45. The van der Waals surface area contributed by atoms with Gasteiger partial charge in [-0.2, -0.15) is 9.97 Å². The topological polar surface area (TPSA) is 119 Å². The molecule has 0 atom stereocenters. The van der Waals surface area contributed by atoms with Gasteiger partial charge < -0.3 is 32.0 Å². The van der Waals surface area contributed by atoms with Crippen molar-refractivity contribution in [2.24, 2.45) is 4.99 Å². The maximum atomic E-state index is 6.18. The second kappa shape index (κ2) is 14.6. The smallest absolute Gasteiger partial charge is 0.226 e. The number of hydrogen-bond donors (Lipinski definition) is 5. The number of rotatable bonds is 12. The highest BCUT2D eigenvalue weighted by molar-refractivity contribution is 5.91. The zero-order chi connectivity index (χ0) is 29.3. The third kappa shape index (κ3) is 8.43. The molecule has 0 bridgehead atoms. The molecular formula is C33H46N10. The van der Waals surface area contributed by atoms with E-state index in [9.17, 15) is 0 Å². The fraction of sp³-hybridized carbons (Fsp3) is 0.485. The first-order valence-electron chi connectivity index (χ1n) is 16.0. The lowest BCUT2D eigenvalue weighted by atomic mass is 9.95. The monoisotopic (exact) mass is 582 g/mol. The summed E-state index contributed by atoms with van der Waals surface area (Å²) in [6, 6.07) is 19.6. The molecule has 228 valence electrons. The molecule has 0 amide bonds. The van der Waals surface area contributed by atoms with Crippen molar-refractivity contribution in [3.8, 4) is 0 Å². The van der Waals surface area contributed by atoms with Gasteiger partial charge in [0.1, 0.15) is 17.5 Å². The number of hydrazine groups is 1. The summed E-state index contributed by atoms with van der Waals surface area (Å²) in [5, 5.41) is 12.9. The molecule has 6 N–H and O–H groups in total. The summed E-state index contributed by atoms with van der Waals surface area (Å²) in [6.07, 6.45) is 8.90. The molecule has 3 aliphatic rings. The van der Waals surface area contributed by atoms with Crippen LogP contribution in [0.25, 0.3) is 0 Å². The Morgan fingerprint density at radius 3 is 2.40 bits per heavy atom. The first-order valence-corrected chi connectivity index (χ1v) is 16.0. The molecule has 0 spiro atoms. The van der Waals surface area contributed by atoms with Gasteiger partial charge in [0.2, 0.25) is 5.95 Å². The Balaban J connectivity index is 0.908. The standard InChI is InChI=1S/C33H46N10/c34-30-22-32(42-17-19-43(20-18-42)41-31-21-27-7-4-5-10-29(27)38-31)40-33(39-30)37-24-26-13-11-25(12-14-26)23-35-15-6-16-36-28-8-2-1-3-9-28/h4-5,7,10-14,22,28,35-36H,1-3,6,8-9,15-21,23-24H2,(H,38,41)(H3,34,37,39,40). The predicted octanol–water partition coefficient (Wildman–Crippen LogP) is 3.99. The summed E-state index contributed by atoms with van der Waals surface area (Å²) in [7, 11) is 0. The molecule has 2 aliphatic heterocycles. The lowest BCUT2D eigenvalue weighted by Crippen LogP contribution is -2.53. The van der Waals surface area contributed by atoms with Crippen LogP contribution >= 0.6 is 0 Å². The largest absolute Gasteiger partial charge is 0.383 e. The van der Waals surface area contributed by atoms with Gasteiger partial charge in [-0.15, -0.1) is 0 Å². The predicted molar refractivity (Wildman–Crippen MR) is 176 cm³/mol. The van der Waals surface area contributed by atoms with Crippen LogP contribution in [0.1, 0.15) is 55.2 Å². The number of nitrogens with zero attached hydrogens (tertiary/aromatic N) is 5. The van der Waals surface area contributed by atoms with Crippen molar-refractivity contribution < 1.29 is 0 Å². The fourth-order valence-electron chi connectivity index (χ4n) is 6.14. The van der Waals surface area contributed by atoms with E-state index in [1.54, 1.807) is 0 Å². The number of nitrogens with one attached hydrogen (secondary N) is 4. The lowest BCUT2D eigenvalue weighted by Gasteiger charge is -2.35. The highest BCUT2D eigenvalue weighted by Gasteiger charge is 2.22. The van der Waals surface area contributed by atoms with E-state index in [1.807, 2.05) is 12.1 Å². The number of amidine groups is 1. The SMILES string of the molecule is Nc1cc(N2CCN(NC3=Nc4ccccc4C3)CC2)nc(NCc2ccc(CNCCCNC3CCCCC3)cc2)n1. The van der Waals surface area contributed by atoms with Crippen LogP contribution in [-0.2, 0) is 19.5 Å². The van der Waals surface area contributed by atoms with Crippen LogP contribution in [-0.4, -0.2) is 66.1 Å². The van der Waals surface area contributed by atoms with Gasteiger partial charge in [0, 0.05) is 57.8 Å². The van der Waals surface area contributed by atoms with E-state index < -0.39 is 0 Å². The number of para-hydroxylation sites is 1. The molecule has 1 saturated heterocycles. The number of nitrogens with two attached hydrogens (primary N) is 1. The lowest BCUT2D eigenvalue weighted by molar-refractivity contribution is 0.219. The molecule has 43 heavy (non-hydrogen) atoms. The molecule has 10 nitrogen and oxygen atoms in total. The minimum absolute atomic E-state index is 0.474. The molecule has 6 rings (SSSR count). The maximum absolute atomic E-state index is 6.18. The van der Waals surface area contributed by atoms with E-state index in [0.717, 1.165) is 82.0 Å². The highest BCUT2D eigenvalue weighted by Crippen LogP contribution is 2.25. The Hall–Kier alpha value is -3.73. The molecule has 2 aromatic carbocycles. The molecule has 3 aromatic rings. The Labute approximate surface area is 255 Å². The normalized spacial score (nSPS) is 17.5. The molecule has 3 heterocycles. The quantitative estimate of drug-likeness (QED) is 0.202. The third-order valence-electron chi connectivity index (χ3n) is 8.60. The minimum atomic E-state index is 0.474. The molecular weight excluding hydrogens is 536 g/mol. The van der Waals surface area contributed by atoms with Gasteiger partial charge in [0.25, 0.3) is 0 Å². The highest BCUT2D eigenvalue weighted by atomic mass is 15.5. The van der Waals surface area contributed by atoms with Crippen molar-refractivity contribution in [3.63, 3.8) is 0 Å². The second-order valence-electron chi connectivity index (χ2n) is 11.9. The summed E-state index contributed by atoms with van der Waals surface area (Å²) in [6.45, 7) is 7.09. The van der Waals surface area contributed by atoms with Gasteiger partial charge in [-0.25, -0.2) is 10.0 Å². The zero-order valence-corrected chi connectivity index (χ0v) is 25.2. The molecule has 0 unspecified atom stereocenters. The number of aromatic nitrogens is 2. The summed E-state index contributed by atoms with van der Waals surface area (Å²) in [4.78, 5) is 16.2. The number of piperazine rings is 1. The van der Waals surface area contributed by atoms with Crippen molar-refractivity contribution >= 4 is 29.1 Å². The van der Waals surface area contributed by atoms with E-state index in [4.69, 9.17) is 15.7 Å². The van der Waals surface area contributed by atoms with Gasteiger partial charge in [-0.1, -0.05) is 61.7 Å². The molecule has 1 saturated carbocycles. The van der Waals surface area contributed by atoms with Gasteiger partial charge >= 0.3 is 0 Å². The summed E-state index contributed by atoms with van der Waals surface area (Å²) in [5.74, 6) is 2.90. The number of anilines is 3. The van der Waals surface area contributed by atoms with Crippen molar-refractivity contribution in [3.05, 3.63) is 71.3 Å². The van der Waals surface area contributed by atoms with Crippen LogP contribution in [0.4, 0.5) is 23.3 Å². The van der Waals surface area contributed by atoms with Crippen LogP contribution in [0.15, 0.2) is 59.6 Å². The summed E-state index contributed by atoms with van der Waals surface area (Å²) in [5.41, 5.74) is 14.5. The summed E-state index contributed by atoms with van der Waals surface area (Å²) >= 11 is 0. The van der Waals surface area contributed by atoms with E-state index >= 15 is 0 Å². The van der Waals surface area contributed by atoms with E-state index in [2.05, 4.69) is 78.7 Å². The van der Waals surface area contributed by atoms with E-state index in [1.165, 1.54) is 48.8 Å². The molecule has 1 aliphatic carbocycles. The van der Waals surface area contributed by atoms with E-state index in [0.29, 0.717) is 18.3 Å². The summed E-state index contributed by atoms with van der Waals surface area (Å²) < 4.78 is 0. The third-order valence-corrected chi connectivity index (χ3v) is 8.60. The Kier molecular flexibility index (Phi) is 9.99. The average molecular weight is 583 g/mol. The van der Waals surface area contributed by atoms with Crippen molar-refractivity contribution in [1.29, 1.82) is 0 Å². The number of benzene rings is 2. The molecule has 2 fully saturated rings. The Morgan fingerprint density at radius 2 is 1.60 bits per heavy atom. The Morgan fingerprint density at radius 1 is 0.837 bits per heavy atom. The van der Waals surface area contributed by atoms with Crippen LogP contribution in [0.5, 0.6) is 0 Å². The fourth-order valence-corrected chi connectivity index (χ4v) is 6.14. The van der Waals surface area contributed by atoms with E-state index in [-0.39, 0.29) is 0 Å². The van der Waals surface area contributed by atoms with Crippen LogP contribution < -0.4 is 32.0 Å². The second-order valence-corrected chi connectivity index (χ2v) is 11.9. The number of hydrogen-bond acceptors (Lipinski definition) is 10. The maximum Gasteiger partial charge on any atom is 0.226 e. The molecule has 1 aromatic heterocycles. The first kappa shape index (κ1) is 29.3. The van der Waals surface area contributed by atoms with Gasteiger partial charge in [0.05, 0.1) is 5.69 Å². The first-order chi connectivity index (χ1) is 21.2. The van der Waals surface area contributed by atoms with Gasteiger partial charge in [0.15, 0.2) is 0 Å². The zero-order valence-electron chi connectivity index (χ0n) is 25.2. The van der Waals surface area contributed by atoms with Crippen LogP contribution in [0, 0.1) is 0 Å². The van der Waals surface area contributed by atoms with Crippen molar-refractivity contribution in [2.75, 3.05) is 55.2 Å². The number of fused-ring (bicyclic) bond motifs is 1. The Bertz CT molecular complexity index is 1340. The van der Waals surface area contributed by atoms with Crippen molar-refractivity contribution in [2.45, 2.75) is 64.1 Å². The van der Waals surface area contributed by atoms with Gasteiger partial charge in [-0.05, 0) is 55.1 Å². The molecule has 0 radical (unpaired) electrons. The van der Waals surface area contributed by atoms with Crippen LogP contribution in [0.3, 0.4) is 0 Å². The minimum Gasteiger partial charge on any atom is -0.383 e. The van der Waals surface area contributed by atoms with Crippen molar-refractivity contribution in [1.82, 2.24) is 31.0 Å². The number of nitrogen functional groups attached to an aromatic ring is 1. The molecule has 10 heteroatoms. The van der Waals surface area contributed by atoms with Crippen LogP contribution in [0.2, 0.25) is 0 Å².